The fourth-order valence-electron chi connectivity index (χ4n) is 1.53. The third-order valence-corrected chi connectivity index (χ3v) is 2.29. The topological polar surface area (TPSA) is 53.1 Å². The quantitative estimate of drug-likeness (QED) is 0.674. The molecular formula is C8H13N3O. The van der Waals surface area contributed by atoms with E-state index < -0.39 is 0 Å². The molecule has 0 aliphatic carbocycles. The highest BCUT2D eigenvalue weighted by Crippen LogP contribution is 2.31. The van der Waals surface area contributed by atoms with Gasteiger partial charge < -0.3 is 10.5 Å². The van der Waals surface area contributed by atoms with Crippen molar-refractivity contribution in [1.82, 2.24) is 9.78 Å². The predicted octanol–water partition coefficient (Wildman–Crippen LogP) is 0.854. The summed E-state index contributed by atoms with van der Waals surface area (Å²) in [5.74, 6) is 0.724. The normalized spacial score (nSPS) is 23.2. The molecule has 2 N–H and O–H groups in total. The van der Waals surface area contributed by atoms with Crippen molar-refractivity contribution in [3.63, 3.8) is 0 Å². The molecule has 4 nitrogen and oxygen atoms in total. The van der Waals surface area contributed by atoms with E-state index in [0.717, 1.165) is 30.8 Å². The molecule has 1 saturated heterocycles. The van der Waals surface area contributed by atoms with Gasteiger partial charge in [0.15, 0.2) is 0 Å². The lowest BCUT2D eigenvalue weighted by atomic mass is 10.1. The van der Waals surface area contributed by atoms with Gasteiger partial charge in [0.25, 0.3) is 0 Å². The molecule has 2 heterocycles. The lowest BCUT2D eigenvalue weighted by Crippen LogP contribution is -2.02. The van der Waals surface area contributed by atoms with E-state index in [1.165, 1.54) is 0 Å². The Labute approximate surface area is 71.3 Å². The zero-order valence-electron chi connectivity index (χ0n) is 7.16. The molecule has 1 atom stereocenters. The molecule has 0 aromatic carbocycles. The number of hydrogen-bond acceptors (Lipinski definition) is 3. The lowest BCUT2D eigenvalue weighted by molar-refractivity contribution is 0.112. The summed E-state index contributed by atoms with van der Waals surface area (Å²) in [5.41, 5.74) is 6.84. The van der Waals surface area contributed by atoms with Crippen molar-refractivity contribution in [2.75, 3.05) is 12.3 Å². The van der Waals surface area contributed by atoms with Crippen molar-refractivity contribution in [2.45, 2.75) is 18.9 Å². The van der Waals surface area contributed by atoms with Crippen LogP contribution in [-0.2, 0) is 11.8 Å². The minimum atomic E-state index is 0.179. The highest BCUT2D eigenvalue weighted by molar-refractivity contribution is 5.40. The van der Waals surface area contributed by atoms with Crippen LogP contribution in [0.25, 0.3) is 0 Å². The van der Waals surface area contributed by atoms with Crippen LogP contribution in [-0.4, -0.2) is 16.4 Å². The molecular weight excluding hydrogens is 154 g/mol. The highest BCUT2D eigenvalue weighted by Gasteiger charge is 2.21. The van der Waals surface area contributed by atoms with Crippen LogP contribution < -0.4 is 5.73 Å². The van der Waals surface area contributed by atoms with Crippen molar-refractivity contribution in [2.24, 2.45) is 7.05 Å². The maximum Gasteiger partial charge on any atom is 0.127 e. The molecule has 0 bridgehead atoms. The Bertz CT molecular complexity index is 276. The molecule has 12 heavy (non-hydrogen) atoms. The number of aromatic nitrogens is 2. The minimum Gasteiger partial charge on any atom is -0.384 e. The molecule has 1 aliphatic heterocycles. The van der Waals surface area contributed by atoms with Crippen LogP contribution in [0.3, 0.4) is 0 Å². The number of nitrogen functional groups attached to an aromatic ring is 1. The third kappa shape index (κ3) is 1.08. The summed E-state index contributed by atoms with van der Waals surface area (Å²) >= 11 is 0. The van der Waals surface area contributed by atoms with Crippen LogP contribution in [0, 0.1) is 0 Å². The molecule has 4 heteroatoms. The number of rotatable bonds is 1. The first-order valence-corrected chi connectivity index (χ1v) is 4.18. The minimum absolute atomic E-state index is 0.179. The smallest absolute Gasteiger partial charge is 0.127 e. The van der Waals surface area contributed by atoms with E-state index in [2.05, 4.69) is 5.10 Å². The average Bonchev–Trinajstić information content (AvgIpc) is 2.64. The monoisotopic (exact) mass is 167 g/mol. The van der Waals surface area contributed by atoms with Crippen molar-refractivity contribution in [3.05, 3.63) is 11.8 Å². The molecule has 1 aromatic heterocycles. The molecule has 1 fully saturated rings. The lowest BCUT2D eigenvalue weighted by Gasteiger charge is -2.07. The SMILES string of the molecule is Cn1ncc(C2CCCO2)c1N. The van der Waals surface area contributed by atoms with E-state index in [0.29, 0.717) is 0 Å². The Balaban J connectivity index is 2.26. The number of nitrogens with zero attached hydrogens (tertiary/aromatic N) is 2. The first kappa shape index (κ1) is 7.61. The molecule has 2 rings (SSSR count). The Kier molecular flexibility index (Phi) is 1.77. The van der Waals surface area contributed by atoms with Gasteiger partial charge in [-0.3, -0.25) is 4.68 Å². The molecule has 0 spiro atoms. The third-order valence-electron chi connectivity index (χ3n) is 2.29. The van der Waals surface area contributed by atoms with Gasteiger partial charge in [-0.05, 0) is 12.8 Å². The Hall–Kier alpha value is -1.03. The van der Waals surface area contributed by atoms with Crippen molar-refractivity contribution in [3.8, 4) is 0 Å². The zero-order chi connectivity index (χ0) is 8.55. The van der Waals surface area contributed by atoms with Gasteiger partial charge in [-0.15, -0.1) is 0 Å². The maximum atomic E-state index is 5.80. The van der Waals surface area contributed by atoms with E-state index in [1.807, 2.05) is 7.05 Å². The van der Waals surface area contributed by atoms with E-state index in [4.69, 9.17) is 10.5 Å². The standard InChI is InChI=1S/C8H13N3O/c1-11-8(9)6(5-10-11)7-3-2-4-12-7/h5,7H,2-4,9H2,1H3. The van der Waals surface area contributed by atoms with Gasteiger partial charge in [0.1, 0.15) is 5.82 Å². The Morgan fingerprint density at radius 1 is 1.75 bits per heavy atom. The van der Waals surface area contributed by atoms with Gasteiger partial charge in [0.2, 0.25) is 0 Å². The molecule has 1 aliphatic rings. The van der Waals surface area contributed by atoms with Gasteiger partial charge in [0, 0.05) is 19.2 Å². The number of aryl methyl sites for hydroxylation is 1. The first-order chi connectivity index (χ1) is 5.79. The molecule has 0 saturated carbocycles. The largest absolute Gasteiger partial charge is 0.384 e. The summed E-state index contributed by atoms with van der Waals surface area (Å²) in [6.07, 6.45) is 4.17. The van der Waals surface area contributed by atoms with E-state index in [-0.39, 0.29) is 6.10 Å². The van der Waals surface area contributed by atoms with Crippen molar-refractivity contribution < 1.29 is 4.74 Å². The second-order valence-electron chi connectivity index (χ2n) is 3.11. The summed E-state index contributed by atoms with van der Waals surface area (Å²) in [6.45, 7) is 0.846. The first-order valence-electron chi connectivity index (χ1n) is 4.18. The summed E-state index contributed by atoms with van der Waals surface area (Å²) in [7, 11) is 1.84. The Morgan fingerprint density at radius 3 is 3.08 bits per heavy atom. The summed E-state index contributed by atoms with van der Waals surface area (Å²) in [6, 6.07) is 0. The van der Waals surface area contributed by atoms with Gasteiger partial charge in [0.05, 0.1) is 12.3 Å². The second kappa shape index (κ2) is 2.79. The van der Waals surface area contributed by atoms with Crippen molar-refractivity contribution >= 4 is 5.82 Å². The van der Waals surface area contributed by atoms with Gasteiger partial charge in [-0.2, -0.15) is 5.10 Å². The highest BCUT2D eigenvalue weighted by atomic mass is 16.5. The Morgan fingerprint density at radius 2 is 2.58 bits per heavy atom. The molecule has 1 aromatic rings. The molecule has 0 radical (unpaired) electrons. The molecule has 1 unspecified atom stereocenters. The second-order valence-corrected chi connectivity index (χ2v) is 3.11. The summed E-state index contributed by atoms with van der Waals surface area (Å²) < 4.78 is 7.18. The van der Waals surface area contributed by atoms with Crippen LogP contribution in [0.2, 0.25) is 0 Å². The fourth-order valence-corrected chi connectivity index (χ4v) is 1.53. The number of anilines is 1. The van der Waals surface area contributed by atoms with Crippen LogP contribution >= 0.6 is 0 Å². The number of ether oxygens (including phenoxy) is 1. The summed E-state index contributed by atoms with van der Waals surface area (Å²) in [4.78, 5) is 0. The predicted molar refractivity (Wildman–Crippen MR) is 45.5 cm³/mol. The maximum absolute atomic E-state index is 5.80. The van der Waals surface area contributed by atoms with Gasteiger partial charge in [-0.25, -0.2) is 0 Å². The van der Waals surface area contributed by atoms with Crippen molar-refractivity contribution in [1.29, 1.82) is 0 Å². The van der Waals surface area contributed by atoms with Crippen LogP contribution in [0.5, 0.6) is 0 Å². The van der Waals surface area contributed by atoms with Crippen LogP contribution in [0.15, 0.2) is 6.20 Å². The van der Waals surface area contributed by atoms with Gasteiger partial charge >= 0.3 is 0 Å². The zero-order valence-corrected chi connectivity index (χ0v) is 7.16. The number of hydrogen-bond donors (Lipinski definition) is 1. The van der Waals surface area contributed by atoms with E-state index in [1.54, 1.807) is 10.9 Å². The summed E-state index contributed by atoms with van der Waals surface area (Å²) in [5, 5.41) is 4.07. The van der Waals surface area contributed by atoms with Crippen LogP contribution in [0.4, 0.5) is 5.82 Å². The average molecular weight is 167 g/mol. The van der Waals surface area contributed by atoms with E-state index in [9.17, 15) is 0 Å². The van der Waals surface area contributed by atoms with Crippen LogP contribution in [0.1, 0.15) is 24.5 Å². The molecule has 0 amide bonds. The number of nitrogens with two attached hydrogens (primary N) is 1. The fraction of sp³-hybridized carbons (Fsp3) is 0.625. The molecule has 66 valence electrons. The van der Waals surface area contributed by atoms with Gasteiger partial charge in [-0.1, -0.05) is 0 Å². The van der Waals surface area contributed by atoms with E-state index >= 15 is 0 Å².